The molecule has 6 heteroatoms. The predicted molar refractivity (Wildman–Crippen MR) is 102 cm³/mol. The minimum absolute atomic E-state index is 0.604. The Morgan fingerprint density at radius 3 is 2.92 bits per heavy atom. The van der Waals surface area contributed by atoms with Crippen molar-refractivity contribution in [3.05, 3.63) is 35.4 Å². The molecule has 0 unspecified atom stereocenters. The van der Waals surface area contributed by atoms with Crippen LogP contribution in [0.15, 0.2) is 29.4 Å². The van der Waals surface area contributed by atoms with Crippen LogP contribution in [0.4, 0.5) is 0 Å². The van der Waals surface area contributed by atoms with Crippen LogP contribution in [0.25, 0.3) is 0 Å². The summed E-state index contributed by atoms with van der Waals surface area (Å²) in [6, 6.07) is 8.50. The summed E-state index contributed by atoms with van der Waals surface area (Å²) in [6.45, 7) is 5.73. The highest BCUT2D eigenvalue weighted by Gasteiger charge is 2.14. The topological polar surface area (TPSA) is 48.9 Å². The Morgan fingerprint density at radius 2 is 2.04 bits per heavy atom. The summed E-state index contributed by atoms with van der Waals surface area (Å²) in [4.78, 5) is 2.43. The van der Waals surface area contributed by atoms with Crippen molar-refractivity contribution in [1.29, 1.82) is 0 Å². The number of benzene rings is 1. The fraction of sp³-hybridized carbons (Fsp3) is 0.556. The Kier molecular flexibility index (Phi) is 6.57. The molecule has 24 heavy (non-hydrogen) atoms. The lowest BCUT2D eigenvalue weighted by Crippen LogP contribution is -2.39. The zero-order chi connectivity index (χ0) is 16.6. The fourth-order valence-corrected chi connectivity index (χ4v) is 3.35. The molecule has 130 valence electrons. The molecule has 0 atom stereocenters. The van der Waals surface area contributed by atoms with Crippen molar-refractivity contribution in [3.63, 3.8) is 0 Å². The number of morpholine rings is 1. The third kappa shape index (κ3) is 5.00. The van der Waals surface area contributed by atoms with Gasteiger partial charge >= 0.3 is 0 Å². The first-order valence-electron chi connectivity index (χ1n) is 8.82. The van der Waals surface area contributed by atoms with E-state index in [4.69, 9.17) is 17.0 Å². The summed E-state index contributed by atoms with van der Waals surface area (Å²) in [6.07, 6.45) is 4.36. The van der Waals surface area contributed by atoms with E-state index in [0.717, 1.165) is 70.8 Å². The number of rotatable bonds is 5. The Labute approximate surface area is 149 Å². The Bertz CT molecular complexity index is 584. The van der Waals surface area contributed by atoms with Gasteiger partial charge in [-0.1, -0.05) is 24.3 Å². The smallest absolute Gasteiger partial charge is 0.186 e. The van der Waals surface area contributed by atoms with E-state index in [2.05, 4.69) is 45.0 Å². The van der Waals surface area contributed by atoms with E-state index in [-0.39, 0.29) is 0 Å². The maximum Gasteiger partial charge on any atom is 0.186 e. The van der Waals surface area contributed by atoms with Gasteiger partial charge in [0.2, 0.25) is 0 Å². The van der Waals surface area contributed by atoms with Gasteiger partial charge in [-0.05, 0) is 50.0 Å². The number of hydrazone groups is 1. The van der Waals surface area contributed by atoms with Crippen molar-refractivity contribution in [2.45, 2.75) is 25.7 Å². The van der Waals surface area contributed by atoms with Crippen molar-refractivity contribution < 1.29 is 4.74 Å². The second kappa shape index (κ2) is 9.11. The third-order valence-electron chi connectivity index (χ3n) is 4.52. The van der Waals surface area contributed by atoms with Gasteiger partial charge in [0, 0.05) is 25.2 Å². The highest BCUT2D eigenvalue weighted by atomic mass is 32.1. The summed E-state index contributed by atoms with van der Waals surface area (Å²) in [5.41, 5.74) is 6.75. The molecular formula is C18H26N4OS. The predicted octanol–water partition coefficient (Wildman–Crippen LogP) is 1.91. The minimum atomic E-state index is 0.604. The van der Waals surface area contributed by atoms with Crippen molar-refractivity contribution in [3.8, 4) is 0 Å². The van der Waals surface area contributed by atoms with E-state index < -0.39 is 0 Å². The van der Waals surface area contributed by atoms with E-state index in [0.29, 0.717) is 5.11 Å². The summed E-state index contributed by atoms with van der Waals surface area (Å²) in [5, 5.41) is 8.37. The average molecular weight is 347 g/mol. The molecule has 0 radical (unpaired) electrons. The maximum atomic E-state index is 5.36. The van der Waals surface area contributed by atoms with Crippen LogP contribution < -0.4 is 10.7 Å². The molecule has 1 aliphatic heterocycles. The van der Waals surface area contributed by atoms with Gasteiger partial charge in [0.15, 0.2) is 5.11 Å². The monoisotopic (exact) mass is 346 g/mol. The van der Waals surface area contributed by atoms with Crippen LogP contribution in [-0.2, 0) is 11.2 Å². The van der Waals surface area contributed by atoms with Gasteiger partial charge in [-0.15, -0.1) is 0 Å². The van der Waals surface area contributed by atoms with E-state index in [1.54, 1.807) is 0 Å². The molecule has 2 N–H and O–H groups in total. The largest absolute Gasteiger partial charge is 0.379 e. The van der Waals surface area contributed by atoms with Crippen molar-refractivity contribution in [2.24, 2.45) is 5.10 Å². The van der Waals surface area contributed by atoms with Crippen LogP contribution in [0.2, 0.25) is 0 Å². The molecule has 2 aliphatic rings. The van der Waals surface area contributed by atoms with Gasteiger partial charge < -0.3 is 10.1 Å². The molecule has 1 heterocycles. The fourth-order valence-electron chi connectivity index (χ4n) is 3.20. The van der Waals surface area contributed by atoms with E-state index >= 15 is 0 Å². The lowest BCUT2D eigenvalue weighted by atomic mass is 9.90. The van der Waals surface area contributed by atoms with E-state index in [9.17, 15) is 0 Å². The van der Waals surface area contributed by atoms with Crippen LogP contribution in [0.3, 0.4) is 0 Å². The summed E-state index contributed by atoms with van der Waals surface area (Å²) >= 11 is 5.33. The van der Waals surface area contributed by atoms with Gasteiger partial charge in [-0.2, -0.15) is 5.10 Å². The van der Waals surface area contributed by atoms with Crippen LogP contribution in [0.1, 0.15) is 30.4 Å². The van der Waals surface area contributed by atoms with E-state index in [1.165, 1.54) is 11.1 Å². The zero-order valence-corrected chi connectivity index (χ0v) is 14.9. The van der Waals surface area contributed by atoms with Gasteiger partial charge in [0.05, 0.1) is 18.9 Å². The number of nitrogens with one attached hydrogen (secondary N) is 2. The van der Waals surface area contributed by atoms with Crippen molar-refractivity contribution >= 4 is 23.0 Å². The number of fused-ring (bicyclic) bond motifs is 1. The quantitative estimate of drug-likeness (QED) is 0.485. The Balaban J connectivity index is 1.39. The SMILES string of the molecule is S=C(NCCCN1CCOCC1)N/N=C1\CCCc2ccccc21. The van der Waals surface area contributed by atoms with Crippen molar-refractivity contribution in [1.82, 2.24) is 15.6 Å². The van der Waals surface area contributed by atoms with Gasteiger partial charge in [0.25, 0.3) is 0 Å². The molecule has 0 spiro atoms. The molecule has 3 rings (SSSR count). The molecular weight excluding hydrogens is 320 g/mol. The number of hydrogen-bond acceptors (Lipinski definition) is 4. The molecule has 0 aromatic heterocycles. The first kappa shape index (κ1) is 17.3. The molecule has 0 amide bonds. The lowest BCUT2D eigenvalue weighted by molar-refractivity contribution is 0.0376. The van der Waals surface area contributed by atoms with Crippen molar-refractivity contribution in [2.75, 3.05) is 39.4 Å². The second-order valence-electron chi connectivity index (χ2n) is 6.24. The highest BCUT2D eigenvalue weighted by molar-refractivity contribution is 7.80. The van der Waals surface area contributed by atoms with E-state index in [1.807, 2.05) is 0 Å². The Morgan fingerprint density at radius 1 is 1.21 bits per heavy atom. The molecule has 1 fully saturated rings. The molecule has 5 nitrogen and oxygen atoms in total. The van der Waals surface area contributed by atoms with Gasteiger partial charge in [0.1, 0.15) is 0 Å². The highest BCUT2D eigenvalue weighted by Crippen LogP contribution is 2.21. The van der Waals surface area contributed by atoms with Crippen LogP contribution in [-0.4, -0.2) is 55.1 Å². The molecule has 1 aromatic rings. The number of thiocarbonyl (C=S) groups is 1. The number of aryl methyl sites for hydroxylation is 1. The van der Waals surface area contributed by atoms with Crippen LogP contribution in [0.5, 0.6) is 0 Å². The summed E-state index contributed by atoms with van der Waals surface area (Å²) in [5.74, 6) is 0. The first-order valence-corrected chi connectivity index (χ1v) is 9.22. The molecule has 1 aromatic carbocycles. The number of hydrogen-bond donors (Lipinski definition) is 2. The second-order valence-corrected chi connectivity index (χ2v) is 6.65. The van der Waals surface area contributed by atoms with Gasteiger partial charge in [-0.25, -0.2) is 0 Å². The minimum Gasteiger partial charge on any atom is -0.379 e. The average Bonchev–Trinajstić information content (AvgIpc) is 2.64. The summed E-state index contributed by atoms with van der Waals surface area (Å²) < 4.78 is 5.36. The molecule has 0 saturated carbocycles. The number of nitrogens with zero attached hydrogens (tertiary/aromatic N) is 2. The molecule has 1 aliphatic carbocycles. The third-order valence-corrected chi connectivity index (χ3v) is 4.76. The Hall–Kier alpha value is -1.50. The molecule has 0 bridgehead atoms. The zero-order valence-electron chi connectivity index (χ0n) is 14.1. The lowest BCUT2D eigenvalue weighted by Gasteiger charge is -2.26. The number of ether oxygens (including phenoxy) is 1. The maximum absolute atomic E-state index is 5.36. The normalized spacial score (nSPS) is 19.8. The van der Waals surface area contributed by atoms with Crippen LogP contribution >= 0.6 is 12.2 Å². The molecule has 1 saturated heterocycles. The van der Waals surface area contributed by atoms with Gasteiger partial charge in [-0.3, -0.25) is 10.3 Å². The standard InChI is InChI=1S/C18H26N4OS/c24-18(19-9-4-10-22-11-13-23-14-12-22)21-20-17-8-3-6-15-5-1-2-7-16(15)17/h1-2,5,7H,3-4,6,8-14H2,(H2,19,21,24)/b20-17+. The first-order chi connectivity index (χ1) is 11.8. The summed E-state index contributed by atoms with van der Waals surface area (Å²) in [7, 11) is 0. The van der Waals surface area contributed by atoms with Crippen LogP contribution in [0, 0.1) is 0 Å².